The summed E-state index contributed by atoms with van der Waals surface area (Å²) in [7, 11) is 0. The van der Waals surface area contributed by atoms with E-state index in [1.165, 1.54) is 6.07 Å². The smallest absolute Gasteiger partial charge is 0.399 e. The molecule has 1 atom stereocenters. The number of aliphatic hydroxyl groups excluding tert-OH is 1. The van der Waals surface area contributed by atoms with E-state index in [4.69, 9.17) is 10.8 Å². The second-order valence-electron chi connectivity index (χ2n) is 3.18. The molecule has 0 radical (unpaired) electrons. The maximum absolute atomic E-state index is 12.0. The highest BCUT2D eigenvalue weighted by Gasteiger charge is 2.37. The Morgan fingerprint density at radius 2 is 2.06 bits per heavy atom. The number of nitrogens with one attached hydrogen (secondary N) is 1. The molecule has 0 aromatic heterocycles. The minimum absolute atomic E-state index is 0.442. The number of rotatable bonds is 3. The van der Waals surface area contributed by atoms with Crippen LogP contribution in [0.1, 0.15) is 0 Å². The lowest BCUT2D eigenvalue weighted by molar-refractivity contribution is -0.198. The summed E-state index contributed by atoms with van der Waals surface area (Å²) in [6, 6.07) is 4.64. The molecule has 0 aliphatic heterocycles. The number of alkyl halides is 3. The van der Waals surface area contributed by atoms with Crippen molar-refractivity contribution in [1.29, 1.82) is 0 Å². The lowest BCUT2D eigenvalue weighted by Gasteiger charge is -2.16. The molecule has 0 aliphatic rings. The van der Waals surface area contributed by atoms with Gasteiger partial charge in [0.1, 0.15) is 0 Å². The molecular weight excluding hydrogens is 289 g/mol. The van der Waals surface area contributed by atoms with E-state index in [1.807, 2.05) is 0 Å². The number of anilines is 2. The standard InChI is InChI=1S/C9H10BrF3N2O/c10-6-3-5(14)1-2-7(6)15-4-8(16)9(11,12)13/h1-3,8,15-16H,4,14H2. The zero-order valence-corrected chi connectivity index (χ0v) is 9.64. The molecule has 1 unspecified atom stereocenters. The van der Waals surface area contributed by atoms with Crippen molar-refractivity contribution in [2.75, 3.05) is 17.6 Å². The van der Waals surface area contributed by atoms with Crippen molar-refractivity contribution < 1.29 is 18.3 Å². The normalized spacial score (nSPS) is 13.6. The zero-order chi connectivity index (χ0) is 12.3. The van der Waals surface area contributed by atoms with Crippen LogP contribution in [0.4, 0.5) is 24.5 Å². The average molecular weight is 299 g/mol. The van der Waals surface area contributed by atoms with Crippen molar-refractivity contribution in [2.24, 2.45) is 0 Å². The average Bonchev–Trinajstić information content (AvgIpc) is 2.14. The molecule has 0 heterocycles. The second kappa shape index (κ2) is 4.92. The van der Waals surface area contributed by atoms with Crippen LogP contribution in [-0.2, 0) is 0 Å². The van der Waals surface area contributed by atoms with Gasteiger partial charge in [-0.1, -0.05) is 0 Å². The van der Waals surface area contributed by atoms with E-state index in [-0.39, 0.29) is 0 Å². The first-order chi connectivity index (χ1) is 7.30. The summed E-state index contributed by atoms with van der Waals surface area (Å²) >= 11 is 3.14. The predicted octanol–water partition coefficient (Wildman–Crippen LogP) is 2.37. The Morgan fingerprint density at radius 3 is 2.56 bits per heavy atom. The fourth-order valence-corrected chi connectivity index (χ4v) is 1.53. The Labute approximate surface area is 98.6 Å². The Morgan fingerprint density at radius 1 is 1.44 bits per heavy atom. The van der Waals surface area contributed by atoms with Gasteiger partial charge in [0, 0.05) is 22.4 Å². The first-order valence-corrected chi connectivity index (χ1v) is 5.13. The number of aliphatic hydroxyl groups is 1. The van der Waals surface area contributed by atoms with Gasteiger partial charge in [-0.15, -0.1) is 0 Å². The summed E-state index contributed by atoms with van der Waals surface area (Å²) < 4.78 is 36.5. The van der Waals surface area contributed by atoms with E-state index in [0.29, 0.717) is 15.8 Å². The van der Waals surface area contributed by atoms with E-state index in [9.17, 15) is 13.2 Å². The number of halogens is 4. The zero-order valence-electron chi connectivity index (χ0n) is 8.05. The highest BCUT2D eigenvalue weighted by atomic mass is 79.9. The number of nitrogen functional groups attached to an aromatic ring is 1. The fraction of sp³-hybridized carbons (Fsp3) is 0.333. The van der Waals surface area contributed by atoms with Crippen LogP contribution in [-0.4, -0.2) is 23.9 Å². The van der Waals surface area contributed by atoms with Gasteiger partial charge in [-0.3, -0.25) is 0 Å². The Balaban J connectivity index is 2.62. The van der Waals surface area contributed by atoms with E-state index in [0.717, 1.165) is 0 Å². The minimum Gasteiger partial charge on any atom is -0.399 e. The first-order valence-electron chi connectivity index (χ1n) is 4.34. The van der Waals surface area contributed by atoms with E-state index < -0.39 is 18.8 Å². The Hall–Kier alpha value is -0.950. The van der Waals surface area contributed by atoms with Gasteiger partial charge in [-0.25, -0.2) is 0 Å². The summed E-state index contributed by atoms with van der Waals surface area (Å²) in [5.41, 5.74) is 6.40. The Bertz CT molecular complexity index is 370. The van der Waals surface area contributed by atoms with Crippen LogP contribution in [0.25, 0.3) is 0 Å². The molecule has 0 amide bonds. The number of nitrogens with two attached hydrogens (primary N) is 1. The quantitative estimate of drug-likeness (QED) is 0.751. The summed E-state index contributed by atoms with van der Waals surface area (Å²) in [4.78, 5) is 0. The van der Waals surface area contributed by atoms with Crippen LogP contribution < -0.4 is 11.1 Å². The van der Waals surface area contributed by atoms with Gasteiger partial charge in [0.25, 0.3) is 0 Å². The highest BCUT2D eigenvalue weighted by molar-refractivity contribution is 9.10. The van der Waals surface area contributed by atoms with E-state index in [1.54, 1.807) is 12.1 Å². The molecule has 0 saturated carbocycles. The monoisotopic (exact) mass is 298 g/mol. The summed E-state index contributed by atoms with van der Waals surface area (Å²) in [5.74, 6) is 0. The molecule has 90 valence electrons. The third kappa shape index (κ3) is 3.57. The predicted molar refractivity (Wildman–Crippen MR) is 59.1 cm³/mol. The van der Waals surface area contributed by atoms with Crippen molar-refractivity contribution in [1.82, 2.24) is 0 Å². The van der Waals surface area contributed by atoms with Crippen LogP contribution >= 0.6 is 15.9 Å². The fourth-order valence-electron chi connectivity index (χ4n) is 0.997. The SMILES string of the molecule is Nc1ccc(NCC(O)C(F)(F)F)c(Br)c1. The van der Waals surface area contributed by atoms with Crippen molar-refractivity contribution in [2.45, 2.75) is 12.3 Å². The molecular formula is C9H10BrF3N2O. The van der Waals surface area contributed by atoms with Crippen LogP contribution in [0.5, 0.6) is 0 Å². The van der Waals surface area contributed by atoms with E-state index in [2.05, 4.69) is 21.2 Å². The second-order valence-corrected chi connectivity index (χ2v) is 4.03. The first kappa shape index (κ1) is 13.1. The van der Waals surface area contributed by atoms with Gasteiger partial charge < -0.3 is 16.2 Å². The third-order valence-electron chi connectivity index (χ3n) is 1.86. The summed E-state index contributed by atoms with van der Waals surface area (Å²) in [6.45, 7) is -0.605. The van der Waals surface area contributed by atoms with Crippen molar-refractivity contribution in [3.05, 3.63) is 22.7 Å². The number of hydrogen-bond acceptors (Lipinski definition) is 3. The topological polar surface area (TPSA) is 58.3 Å². The van der Waals surface area contributed by atoms with Crippen LogP contribution in [0.15, 0.2) is 22.7 Å². The molecule has 4 N–H and O–H groups in total. The summed E-state index contributed by atoms with van der Waals surface area (Å²) in [5, 5.41) is 11.2. The molecule has 7 heteroatoms. The molecule has 1 rings (SSSR count). The van der Waals surface area contributed by atoms with Gasteiger partial charge >= 0.3 is 6.18 Å². The molecule has 0 fully saturated rings. The molecule has 0 bridgehead atoms. The molecule has 3 nitrogen and oxygen atoms in total. The number of benzene rings is 1. The molecule has 0 saturated heterocycles. The lowest BCUT2D eigenvalue weighted by Crippen LogP contribution is -2.35. The Kier molecular flexibility index (Phi) is 4.03. The summed E-state index contributed by atoms with van der Waals surface area (Å²) in [6.07, 6.45) is -7.01. The van der Waals surface area contributed by atoms with Crippen LogP contribution in [0.3, 0.4) is 0 Å². The lowest BCUT2D eigenvalue weighted by atomic mass is 10.2. The van der Waals surface area contributed by atoms with Crippen LogP contribution in [0, 0.1) is 0 Å². The van der Waals surface area contributed by atoms with Crippen molar-refractivity contribution >= 4 is 27.3 Å². The van der Waals surface area contributed by atoms with E-state index >= 15 is 0 Å². The van der Waals surface area contributed by atoms with Crippen LogP contribution in [0.2, 0.25) is 0 Å². The maximum Gasteiger partial charge on any atom is 0.416 e. The molecule has 0 spiro atoms. The minimum atomic E-state index is -4.62. The molecule has 1 aromatic rings. The number of hydrogen-bond donors (Lipinski definition) is 3. The third-order valence-corrected chi connectivity index (χ3v) is 2.51. The molecule has 0 aliphatic carbocycles. The van der Waals surface area contributed by atoms with Gasteiger partial charge in [-0.05, 0) is 34.1 Å². The largest absolute Gasteiger partial charge is 0.416 e. The van der Waals surface area contributed by atoms with Gasteiger partial charge in [0.15, 0.2) is 6.10 Å². The van der Waals surface area contributed by atoms with Gasteiger partial charge in [0.2, 0.25) is 0 Å². The highest BCUT2D eigenvalue weighted by Crippen LogP contribution is 2.26. The maximum atomic E-state index is 12.0. The van der Waals surface area contributed by atoms with Gasteiger partial charge in [0.05, 0.1) is 0 Å². The van der Waals surface area contributed by atoms with Crippen molar-refractivity contribution in [3.63, 3.8) is 0 Å². The molecule has 1 aromatic carbocycles. The van der Waals surface area contributed by atoms with Gasteiger partial charge in [-0.2, -0.15) is 13.2 Å². The molecule has 16 heavy (non-hydrogen) atoms. The van der Waals surface area contributed by atoms with Crippen molar-refractivity contribution in [3.8, 4) is 0 Å².